The van der Waals surface area contributed by atoms with Crippen molar-refractivity contribution in [3.05, 3.63) is 65.6 Å². The lowest BCUT2D eigenvalue weighted by Gasteiger charge is -2.22. The maximum Gasteiger partial charge on any atom is 0.128 e. The number of furan rings is 1. The average molecular weight is 364 g/mol. The van der Waals surface area contributed by atoms with Crippen molar-refractivity contribution in [2.45, 2.75) is 26.0 Å². The van der Waals surface area contributed by atoms with Crippen molar-refractivity contribution in [1.82, 2.24) is 9.80 Å². The second-order valence-corrected chi connectivity index (χ2v) is 7.69. The van der Waals surface area contributed by atoms with Crippen LogP contribution in [-0.4, -0.2) is 43.5 Å². The molecule has 2 heterocycles. The van der Waals surface area contributed by atoms with Crippen molar-refractivity contribution in [1.29, 1.82) is 0 Å². The Morgan fingerprint density at radius 1 is 1.15 bits per heavy atom. The van der Waals surface area contributed by atoms with Gasteiger partial charge in [-0.1, -0.05) is 36.4 Å². The molecule has 0 spiro atoms. The van der Waals surface area contributed by atoms with Crippen LogP contribution in [0.1, 0.15) is 29.6 Å². The van der Waals surface area contributed by atoms with E-state index in [1.54, 1.807) is 0 Å². The predicted octanol–water partition coefficient (Wildman–Crippen LogP) is 4.63. The molecular weight excluding hydrogens is 336 g/mol. The first-order valence-corrected chi connectivity index (χ1v) is 9.71. The van der Waals surface area contributed by atoms with Crippen LogP contribution < -0.4 is 4.74 Å². The van der Waals surface area contributed by atoms with Gasteiger partial charge in [-0.25, -0.2) is 0 Å². The van der Waals surface area contributed by atoms with Gasteiger partial charge in [0, 0.05) is 37.0 Å². The van der Waals surface area contributed by atoms with Crippen molar-refractivity contribution in [3.63, 3.8) is 0 Å². The van der Waals surface area contributed by atoms with E-state index in [0.717, 1.165) is 55.3 Å². The molecule has 142 valence electrons. The zero-order valence-electron chi connectivity index (χ0n) is 16.4. The quantitative estimate of drug-likeness (QED) is 0.660. The minimum absolute atomic E-state index is 0.0209. The Morgan fingerprint density at radius 2 is 1.96 bits per heavy atom. The molecule has 4 rings (SSSR count). The number of benzene rings is 2. The molecule has 3 aromatic rings. The van der Waals surface area contributed by atoms with Gasteiger partial charge < -0.3 is 14.1 Å². The van der Waals surface area contributed by atoms with E-state index in [4.69, 9.17) is 9.15 Å². The SMILES string of the molecule is Cc1cc2c(o1)CN(CCN(C)C)CCC2Oc1cccc2ccccc12. The monoisotopic (exact) mass is 364 g/mol. The number of aryl methyl sites for hydroxylation is 1. The number of rotatable bonds is 5. The standard InChI is InChI=1S/C23H28N2O2/c1-17-15-20-22(11-12-25(14-13-24(2)3)16-23(20)26-17)27-21-10-6-8-18-7-4-5-9-19(18)21/h4-10,15,22H,11-14,16H2,1-3H3. The Morgan fingerprint density at radius 3 is 2.81 bits per heavy atom. The van der Waals surface area contributed by atoms with Crippen LogP contribution in [0.3, 0.4) is 0 Å². The van der Waals surface area contributed by atoms with E-state index < -0.39 is 0 Å². The molecular formula is C23H28N2O2. The van der Waals surface area contributed by atoms with Crippen LogP contribution in [0.15, 0.2) is 52.9 Å². The highest BCUT2D eigenvalue weighted by molar-refractivity contribution is 5.88. The number of hydrogen-bond donors (Lipinski definition) is 0. The number of ether oxygens (including phenoxy) is 1. The number of fused-ring (bicyclic) bond motifs is 2. The summed E-state index contributed by atoms with van der Waals surface area (Å²) in [7, 11) is 4.24. The van der Waals surface area contributed by atoms with Crippen molar-refractivity contribution >= 4 is 10.8 Å². The predicted molar refractivity (Wildman–Crippen MR) is 109 cm³/mol. The molecule has 27 heavy (non-hydrogen) atoms. The molecule has 1 aromatic heterocycles. The maximum atomic E-state index is 6.57. The molecule has 0 bridgehead atoms. The molecule has 2 aromatic carbocycles. The molecule has 1 unspecified atom stereocenters. The van der Waals surface area contributed by atoms with Gasteiger partial charge in [0.05, 0.1) is 6.54 Å². The smallest absolute Gasteiger partial charge is 0.128 e. The normalized spacial score (nSPS) is 17.9. The van der Waals surface area contributed by atoms with Crippen LogP contribution >= 0.6 is 0 Å². The zero-order valence-corrected chi connectivity index (χ0v) is 16.4. The first-order valence-electron chi connectivity index (χ1n) is 9.71. The number of nitrogens with zero attached hydrogens (tertiary/aromatic N) is 2. The fraction of sp³-hybridized carbons (Fsp3) is 0.391. The van der Waals surface area contributed by atoms with E-state index in [1.807, 2.05) is 6.92 Å². The van der Waals surface area contributed by atoms with Gasteiger partial charge >= 0.3 is 0 Å². The molecule has 0 aliphatic carbocycles. The number of hydrogen-bond acceptors (Lipinski definition) is 4. The van der Waals surface area contributed by atoms with E-state index in [1.165, 1.54) is 10.9 Å². The van der Waals surface area contributed by atoms with Crippen LogP contribution in [-0.2, 0) is 6.54 Å². The van der Waals surface area contributed by atoms with Gasteiger partial charge in [0.25, 0.3) is 0 Å². The summed E-state index contributed by atoms with van der Waals surface area (Å²) in [4.78, 5) is 4.69. The van der Waals surface area contributed by atoms with Crippen LogP contribution in [0, 0.1) is 6.92 Å². The Hall–Kier alpha value is -2.30. The molecule has 0 saturated heterocycles. The van der Waals surface area contributed by atoms with Crippen LogP contribution in [0.25, 0.3) is 10.8 Å². The van der Waals surface area contributed by atoms with Crippen molar-refractivity contribution < 1.29 is 9.15 Å². The van der Waals surface area contributed by atoms with E-state index in [2.05, 4.69) is 72.4 Å². The third-order valence-electron chi connectivity index (χ3n) is 5.27. The molecule has 1 atom stereocenters. The minimum Gasteiger partial charge on any atom is -0.485 e. The van der Waals surface area contributed by atoms with Gasteiger partial charge in [-0.3, -0.25) is 4.90 Å². The molecule has 0 fully saturated rings. The summed E-state index contributed by atoms with van der Waals surface area (Å²) in [6.07, 6.45) is 0.982. The molecule has 0 saturated carbocycles. The molecule has 4 nitrogen and oxygen atoms in total. The van der Waals surface area contributed by atoms with Gasteiger partial charge in [0.2, 0.25) is 0 Å². The van der Waals surface area contributed by atoms with Crippen molar-refractivity contribution in [2.75, 3.05) is 33.7 Å². The highest BCUT2D eigenvalue weighted by atomic mass is 16.5. The molecule has 0 amide bonds. The summed E-state index contributed by atoms with van der Waals surface area (Å²) in [6.45, 7) is 5.96. The zero-order chi connectivity index (χ0) is 18.8. The van der Waals surface area contributed by atoms with Gasteiger partial charge in [-0.05, 0) is 38.5 Å². The first kappa shape index (κ1) is 18.1. The second kappa shape index (κ2) is 7.75. The Labute approximate surface area is 161 Å². The fourth-order valence-electron chi connectivity index (χ4n) is 3.82. The summed E-state index contributed by atoms with van der Waals surface area (Å²) < 4.78 is 12.6. The average Bonchev–Trinajstić information content (AvgIpc) is 2.95. The van der Waals surface area contributed by atoms with Gasteiger partial charge in [0.15, 0.2) is 0 Å². The molecule has 1 aliphatic rings. The van der Waals surface area contributed by atoms with Gasteiger partial charge in [0.1, 0.15) is 23.4 Å². The lowest BCUT2D eigenvalue weighted by molar-refractivity contribution is 0.169. The Kier molecular flexibility index (Phi) is 5.19. The molecule has 4 heteroatoms. The van der Waals surface area contributed by atoms with Crippen LogP contribution in [0.4, 0.5) is 0 Å². The van der Waals surface area contributed by atoms with E-state index in [9.17, 15) is 0 Å². The lowest BCUT2D eigenvalue weighted by atomic mass is 10.1. The summed E-state index contributed by atoms with van der Waals surface area (Å²) >= 11 is 0. The molecule has 1 aliphatic heterocycles. The summed E-state index contributed by atoms with van der Waals surface area (Å²) in [6, 6.07) is 16.8. The van der Waals surface area contributed by atoms with Crippen molar-refractivity contribution in [3.8, 4) is 5.75 Å². The van der Waals surface area contributed by atoms with Gasteiger partial charge in [-0.15, -0.1) is 0 Å². The Balaban J connectivity index is 1.61. The first-order chi connectivity index (χ1) is 13.1. The van der Waals surface area contributed by atoms with E-state index in [-0.39, 0.29) is 6.10 Å². The topological polar surface area (TPSA) is 28.9 Å². The summed E-state index contributed by atoms with van der Waals surface area (Å²) in [5, 5.41) is 2.37. The van der Waals surface area contributed by atoms with E-state index in [0.29, 0.717) is 0 Å². The summed E-state index contributed by atoms with van der Waals surface area (Å²) in [5.74, 6) is 2.96. The highest BCUT2D eigenvalue weighted by Crippen LogP contribution is 2.35. The third-order valence-corrected chi connectivity index (χ3v) is 5.27. The minimum atomic E-state index is 0.0209. The highest BCUT2D eigenvalue weighted by Gasteiger charge is 2.27. The van der Waals surface area contributed by atoms with Crippen LogP contribution in [0.5, 0.6) is 5.75 Å². The Bertz CT molecular complexity index is 910. The second-order valence-electron chi connectivity index (χ2n) is 7.69. The third kappa shape index (κ3) is 4.02. The summed E-state index contributed by atoms with van der Waals surface area (Å²) in [5.41, 5.74) is 1.20. The molecule has 0 N–H and O–H groups in total. The van der Waals surface area contributed by atoms with E-state index >= 15 is 0 Å². The lowest BCUT2D eigenvalue weighted by Crippen LogP contribution is -2.31. The largest absolute Gasteiger partial charge is 0.485 e. The molecule has 0 radical (unpaired) electrons. The number of likely N-dealkylation sites (N-methyl/N-ethyl adjacent to an activating group) is 1. The van der Waals surface area contributed by atoms with Crippen LogP contribution in [0.2, 0.25) is 0 Å². The fourth-order valence-corrected chi connectivity index (χ4v) is 3.82. The van der Waals surface area contributed by atoms with Gasteiger partial charge in [-0.2, -0.15) is 0 Å². The maximum absolute atomic E-state index is 6.57. The van der Waals surface area contributed by atoms with Crippen molar-refractivity contribution in [2.24, 2.45) is 0 Å².